The molecule has 0 aliphatic heterocycles. The lowest BCUT2D eigenvalue weighted by Crippen LogP contribution is -2.09. The van der Waals surface area contributed by atoms with Gasteiger partial charge in [0.05, 0.1) is 5.69 Å². The van der Waals surface area contributed by atoms with Crippen LogP contribution in [0.25, 0.3) is 5.65 Å². The fraction of sp³-hybridized carbons (Fsp3) is 0.533. The van der Waals surface area contributed by atoms with Crippen molar-refractivity contribution < 1.29 is 0 Å². The van der Waals surface area contributed by atoms with Crippen LogP contribution in [0.15, 0.2) is 22.9 Å². The fourth-order valence-electron chi connectivity index (χ4n) is 3.95. The number of hydrogen-bond donors (Lipinski definition) is 0. The quantitative estimate of drug-likeness (QED) is 0.767. The molecule has 2 fully saturated rings. The maximum Gasteiger partial charge on any atom is 0.138 e. The molecule has 0 radical (unpaired) electrons. The van der Waals surface area contributed by atoms with E-state index in [0.717, 1.165) is 17.5 Å². The minimum atomic E-state index is 0.693. The predicted octanol–water partition coefficient (Wildman–Crippen LogP) is 4.31. The summed E-state index contributed by atoms with van der Waals surface area (Å²) in [6, 6.07) is 4.31. The highest BCUT2D eigenvalue weighted by Gasteiger charge is 2.42. The van der Waals surface area contributed by atoms with Crippen LogP contribution in [0.1, 0.15) is 42.9 Å². The van der Waals surface area contributed by atoms with Crippen LogP contribution in [-0.4, -0.2) is 9.38 Å². The van der Waals surface area contributed by atoms with E-state index in [2.05, 4.69) is 45.6 Å². The summed E-state index contributed by atoms with van der Waals surface area (Å²) in [7, 11) is 0. The number of aromatic nitrogens is 2. The molecule has 3 heteroatoms. The lowest BCUT2D eigenvalue weighted by Gasteiger charge is -2.19. The van der Waals surface area contributed by atoms with Gasteiger partial charge in [-0.05, 0) is 71.6 Å². The van der Waals surface area contributed by atoms with Crippen molar-refractivity contribution in [2.45, 2.75) is 38.5 Å². The molecular formula is C15H17BrN2. The lowest BCUT2D eigenvalue weighted by molar-refractivity contribution is 0.413. The highest BCUT2D eigenvalue weighted by molar-refractivity contribution is 9.10. The van der Waals surface area contributed by atoms with E-state index in [1.165, 1.54) is 41.5 Å². The van der Waals surface area contributed by atoms with Gasteiger partial charge in [0.15, 0.2) is 0 Å². The summed E-state index contributed by atoms with van der Waals surface area (Å²) in [6.45, 7) is 2.12. The van der Waals surface area contributed by atoms with Gasteiger partial charge < -0.3 is 0 Å². The number of rotatable bonds is 1. The first kappa shape index (κ1) is 11.0. The van der Waals surface area contributed by atoms with Gasteiger partial charge in [-0.1, -0.05) is 6.42 Å². The van der Waals surface area contributed by atoms with Crippen molar-refractivity contribution in [1.82, 2.24) is 9.38 Å². The topological polar surface area (TPSA) is 17.3 Å². The Morgan fingerprint density at radius 2 is 2.22 bits per heavy atom. The minimum absolute atomic E-state index is 0.693. The van der Waals surface area contributed by atoms with Gasteiger partial charge >= 0.3 is 0 Å². The van der Waals surface area contributed by atoms with Crippen molar-refractivity contribution in [3.8, 4) is 0 Å². The van der Waals surface area contributed by atoms with Crippen LogP contribution in [0.5, 0.6) is 0 Å². The predicted molar refractivity (Wildman–Crippen MR) is 75.8 cm³/mol. The average Bonchev–Trinajstić information content (AvgIpc) is 3.03. The highest BCUT2D eigenvalue weighted by Crippen LogP contribution is 2.53. The van der Waals surface area contributed by atoms with E-state index in [-0.39, 0.29) is 0 Å². The van der Waals surface area contributed by atoms with E-state index >= 15 is 0 Å². The Labute approximate surface area is 116 Å². The van der Waals surface area contributed by atoms with Crippen LogP contribution in [0, 0.1) is 18.8 Å². The van der Waals surface area contributed by atoms with Crippen molar-refractivity contribution in [2.24, 2.45) is 11.8 Å². The summed E-state index contributed by atoms with van der Waals surface area (Å²) >= 11 is 3.76. The van der Waals surface area contributed by atoms with E-state index in [9.17, 15) is 0 Å². The maximum absolute atomic E-state index is 4.89. The molecule has 2 aliphatic rings. The van der Waals surface area contributed by atoms with Gasteiger partial charge in [0.1, 0.15) is 10.3 Å². The summed E-state index contributed by atoms with van der Waals surface area (Å²) in [4.78, 5) is 4.89. The van der Waals surface area contributed by atoms with Crippen LogP contribution in [-0.2, 0) is 0 Å². The first-order valence-electron chi connectivity index (χ1n) is 6.86. The van der Waals surface area contributed by atoms with Gasteiger partial charge in [0, 0.05) is 12.1 Å². The zero-order valence-corrected chi connectivity index (χ0v) is 12.2. The molecule has 18 heavy (non-hydrogen) atoms. The molecule has 3 atom stereocenters. The van der Waals surface area contributed by atoms with Gasteiger partial charge in [-0.2, -0.15) is 0 Å². The summed E-state index contributed by atoms with van der Waals surface area (Å²) in [5.41, 5.74) is 3.66. The van der Waals surface area contributed by atoms with E-state index in [4.69, 9.17) is 4.98 Å². The van der Waals surface area contributed by atoms with Gasteiger partial charge in [-0.3, -0.25) is 4.40 Å². The molecule has 2 aromatic rings. The van der Waals surface area contributed by atoms with Crippen molar-refractivity contribution in [3.05, 3.63) is 34.2 Å². The Morgan fingerprint density at radius 1 is 1.33 bits per heavy atom. The first-order valence-corrected chi connectivity index (χ1v) is 7.66. The van der Waals surface area contributed by atoms with Crippen LogP contribution >= 0.6 is 15.9 Å². The second-order valence-electron chi connectivity index (χ2n) is 6.00. The highest BCUT2D eigenvalue weighted by atomic mass is 79.9. The lowest BCUT2D eigenvalue weighted by atomic mass is 9.87. The number of aryl methyl sites for hydroxylation is 1. The molecule has 2 aliphatic carbocycles. The number of hydrogen-bond acceptors (Lipinski definition) is 1. The third-order valence-corrected chi connectivity index (χ3v) is 5.63. The number of fused-ring (bicyclic) bond motifs is 3. The van der Waals surface area contributed by atoms with Crippen LogP contribution in [0.4, 0.5) is 0 Å². The fourth-order valence-corrected chi connectivity index (χ4v) is 4.63. The van der Waals surface area contributed by atoms with Gasteiger partial charge in [-0.15, -0.1) is 0 Å². The van der Waals surface area contributed by atoms with Crippen molar-refractivity contribution >= 4 is 21.6 Å². The van der Waals surface area contributed by atoms with Crippen molar-refractivity contribution in [2.75, 3.05) is 0 Å². The molecule has 3 unspecified atom stereocenters. The zero-order chi connectivity index (χ0) is 12.3. The van der Waals surface area contributed by atoms with Gasteiger partial charge in [0.2, 0.25) is 0 Å². The van der Waals surface area contributed by atoms with E-state index in [0.29, 0.717) is 5.92 Å². The molecule has 94 valence electrons. The Hall–Kier alpha value is -0.830. The standard InChI is InChI=1S/C15H17BrN2/c1-9-4-5-18-13(6-9)17-14(15(18)16)12-8-10-2-3-11(12)7-10/h4-6,10-12H,2-3,7-8H2,1H3. The second kappa shape index (κ2) is 3.83. The monoisotopic (exact) mass is 304 g/mol. The number of nitrogens with zero attached hydrogens (tertiary/aromatic N) is 2. The normalized spacial score (nSPS) is 30.4. The van der Waals surface area contributed by atoms with Crippen molar-refractivity contribution in [1.29, 1.82) is 0 Å². The molecule has 0 spiro atoms. The molecule has 4 rings (SSSR count). The average molecular weight is 305 g/mol. The van der Waals surface area contributed by atoms with Gasteiger partial charge in [-0.25, -0.2) is 4.98 Å². The molecule has 0 aromatic carbocycles. The zero-order valence-electron chi connectivity index (χ0n) is 10.6. The second-order valence-corrected chi connectivity index (χ2v) is 6.75. The Bertz CT molecular complexity index is 616. The smallest absolute Gasteiger partial charge is 0.138 e. The third-order valence-electron chi connectivity index (χ3n) is 4.84. The Balaban J connectivity index is 1.83. The van der Waals surface area contributed by atoms with E-state index in [1.807, 2.05) is 0 Å². The molecule has 0 saturated heterocycles. The summed E-state index contributed by atoms with van der Waals surface area (Å²) in [6.07, 6.45) is 7.77. The molecule has 2 bridgehead atoms. The SMILES string of the molecule is Cc1ccn2c(Br)c(C3CC4CCC3C4)nc2c1. The Kier molecular flexibility index (Phi) is 2.35. The molecule has 0 amide bonds. The van der Waals surface area contributed by atoms with E-state index < -0.39 is 0 Å². The van der Waals surface area contributed by atoms with E-state index in [1.54, 1.807) is 0 Å². The molecule has 0 N–H and O–H groups in total. The van der Waals surface area contributed by atoms with Crippen molar-refractivity contribution in [3.63, 3.8) is 0 Å². The molecular weight excluding hydrogens is 288 g/mol. The molecule has 2 saturated carbocycles. The van der Waals surface area contributed by atoms with Crippen LogP contribution in [0.2, 0.25) is 0 Å². The first-order chi connectivity index (χ1) is 8.72. The van der Waals surface area contributed by atoms with Gasteiger partial charge in [0.25, 0.3) is 0 Å². The Morgan fingerprint density at radius 3 is 2.94 bits per heavy atom. The maximum atomic E-state index is 4.89. The third kappa shape index (κ3) is 1.49. The summed E-state index contributed by atoms with van der Waals surface area (Å²) in [5, 5.41) is 0. The summed E-state index contributed by atoms with van der Waals surface area (Å²) < 4.78 is 3.35. The van der Waals surface area contributed by atoms with Crippen LogP contribution < -0.4 is 0 Å². The number of pyridine rings is 1. The molecule has 2 nitrogen and oxygen atoms in total. The minimum Gasteiger partial charge on any atom is -0.294 e. The molecule has 2 heterocycles. The van der Waals surface area contributed by atoms with Crippen LogP contribution in [0.3, 0.4) is 0 Å². The summed E-state index contributed by atoms with van der Waals surface area (Å²) in [5.74, 6) is 2.55. The molecule has 2 aromatic heterocycles. The number of halogens is 1. The number of imidazole rings is 1. The largest absolute Gasteiger partial charge is 0.294 e.